The summed E-state index contributed by atoms with van der Waals surface area (Å²) < 4.78 is 6.75. The van der Waals surface area contributed by atoms with Gasteiger partial charge in [-0.2, -0.15) is 0 Å². The minimum absolute atomic E-state index is 0.145. The molecule has 5 heteroatoms. The van der Waals surface area contributed by atoms with Crippen molar-refractivity contribution in [1.82, 2.24) is 9.55 Å². The highest BCUT2D eigenvalue weighted by molar-refractivity contribution is 5.94. The molecule has 0 unspecified atom stereocenters. The van der Waals surface area contributed by atoms with Crippen LogP contribution in [0.2, 0.25) is 0 Å². The molecule has 0 radical (unpaired) electrons. The standard InChI is InChI=1S/C15H14N2O3/c1-15(2)11-5-8-17(9-10-3-6-16-7-4-10)13(18)12(11)14(19)20-15/h3-8H,9H2,1-2H3. The number of fused-ring (bicyclic) bond motifs is 1. The van der Waals surface area contributed by atoms with Crippen LogP contribution < -0.4 is 5.56 Å². The Kier molecular flexibility index (Phi) is 2.71. The molecule has 0 fully saturated rings. The summed E-state index contributed by atoms with van der Waals surface area (Å²) in [7, 11) is 0. The number of rotatable bonds is 2. The Morgan fingerprint density at radius 1 is 1.20 bits per heavy atom. The van der Waals surface area contributed by atoms with Gasteiger partial charge in [-0.15, -0.1) is 0 Å². The van der Waals surface area contributed by atoms with E-state index in [-0.39, 0.29) is 11.1 Å². The van der Waals surface area contributed by atoms with Gasteiger partial charge in [-0.3, -0.25) is 9.78 Å². The summed E-state index contributed by atoms with van der Waals surface area (Å²) in [6, 6.07) is 5.45. The first-order chi connectivity index (χ1) is 9.49. The second-order valence-corrected chi connectivity index (χ2v) is 5.29. The van der Waals surface area contributed by atoms with Gasteiger partial charge < -0.3 is 9.30 Å². The summed E-state index contributed by atoms with van der Waals surface area (Å²) in [5.41, 5.74) is 0.703. The van der Waals surface area contributed by atoms with Crippen LogP contribution in [-0.4, -0.2) is 15.5 Å². The fourth-order valence-electron chi connectivity index (χ4n) is 2.42. The third-order valence-electron chi connectivity index (χ3n) is 3.47. The summed E-state index contributed by atoms with van der Waals surface area (Å²) in [6.07, 6.45) is 5.04. The van der Waals surface area contributed by atoms with Crippen LogP contribution >= 0.6 is 0 Å². The van der Waals surface area contributed by atoms with Crippen LogP contribution in [0.15, 0.2) is 41.6 Å². The van der Waals surface area contributed by atoms with Crippen molar-refractivity contribution in [3.8, 4) is 0 Å². The van der Waals surface area contributed by atoms with Crippen LogP contribution in [-0.2, 0) is 16.9 Å². The second kappa shape index (κ2) is 4.30. The van der Waals surface area contributed by atoms with Gasteiger partial charge in [0.1, 0.15) is 11.2 Å². The average molecular weight is 270 g/mol. The van der Waals surface area contributed by atoms with E-state index in [1.807, 2.05) is 12.1 Å². The first-order valence-electron chi connectivity index (χ1n) is 6.35. The van der Waals surface area contributed by atoms with Gasteiger partial charge in [-0.1, -0.05) is 0 Å². The highest BCUT2D eigenvalue weighted by Gasteiger charge is 2.40. The van der Waals surface area contributed by atoms with Crippen LogP contribution in [0, 0.1) is 0 Å². The number of pyridine rings is 2. The third kappa shape index (κ3) is 1.91. The van der Waals surface area contributed by atoms with Gasteiger partial charge >= 0.3 is 5.97 Å². The minimum atomic E-state index is -0.735. The summed E-state index contributed by atoms with van der Waals surface area (Å²) >= 11 is 0. The van der Waals surface area contributed by atoms with E-state index in [2.05, 4.69) is 4.98 Å². The second-order valence-electron chi connectivity index (χ2n) is 5.29. The van der Waals surface area contributed by atoms with E-state index < -0.39 is 11.6 Å². The predicted octanol–water partition coefficient (Wildman–Crippen LogP) is 1.70. The molecule has 0 aliphatic carbocycles. The van der Waals surface area contributed by atoms with Crippen molar-refractivity contribution >= 4 is 5.97 Å². The van der Waals surface area contributed by atoms with Gasteiger partial charge in [0.25, 0.3) is 5.56 Å². The number of carbonyl (C=O) groups is 1. The van der Waals surface area contributed by atoms with Crippen molar-refractivity contribution in [2.24, 2.45) is 0 Å². The Morgan fingerprint density at radius 2 is 1.90 bits per heavy atom. The van der Waals surface area contributed by atoms with Crippen molar-refractivity contribution in [3.63, 3.8) is 0 Å². The van der Waals surface area contributed by atoms with E-state index >= 15 is 0 Å². The fraction of sp³-hybridized carbons (Fsp3) is 0.267. The average Bonchev–Trinajstić information content (AvgIpc) is 2.64. The molecule has 2 aromatic heterocycles. The lowest BCUT2D eigenvalue weighted by atomic mass is 9.97. The van der Waals surface area contributed by atoms with E-state index in [1.165, 1.54) is 4.57 Å². The number of cyclic esters (lactones) is 1. The van der Waals surface area contributed by atoms with Gasteiger partial charge in [-0.05, 0) is 37.6 Å². The van der Waals surface area contributed by atoms with Gasteiger partial charge in [0.05, 0.1) is 6.54 Å². The molecule has 0 saturated heterocycles. The number of hydrogen-bond donors (Lipinski definition) is 0. The minimum Gasteiger partial charge on any atom is -0.451 e. The number of esters is 1. The molecule has 0 atom stereocenters. The molecule has 2 aromatic rings. The predicted molar refractivity (Wildman–Crippen MR) is 72.5 cm³/mol. The summed E-state index contributed by atoms with van der Waals surface area (Å²) in [4.78, 5) is 28.2. The van der Waals surface area contributed by atoms with Crippen LogP contribution in [0.3, 0.4) is 0 Å². The third-order valence-corrected chi connectivity index (χ3v) is 3.47. The lowest BCUT2D eigenvalue weighted by molar-refractivity contribution is 0.00949. The SMILES string of the molecule is CC1(C)OC(=O)c2c1ccn(Cc1ccncc1)c2=O. The molecule has 1 aliphatic rings. The molecule has 0 saturated carbocycles. The molecular formula is C15H14N2O3. The Morgan fingerprint density at radius 3 is 2.60 bits per heavy atom. The zero-order chi connectivity index (χ0) is 14.3. The molecule has 0 N–H and O–H groups in total. The van der Waals surface area contributed by atoms with Crippen molar-refractivity contribution in [3.05, 3.63) is 63.8 Å². The first-order valence-corrected chi connectivity index (χ1v) is 6.35. The number of aromatic nitrogens is 2. The summed E-state index contributed by atoms with van der Waals surface area (Å²) in [6.45, 7) is 3.97. The fourth-order valence-corrected chi connectivity index (χ4v) is 2.42. The maximum atomic E-state index is 12.4. The molecule has 0 spiro atoms. The van der Waals surface area contributed by atoms with Crippen molar-refractivity contribution < 1.29 is 9.53 Å². The monoisotopic (exact) mass is 270 g/mol. The molecule has 3 rings (SSSR count). The number of ether oxygens (including phenoxy) is 1. The lowest BCUT2D eigenvalue weighted by Crippen LogP contribution is -2.26. The van der Waals surface area contributed by atoms with Gasteiger partial charge in [-0.25, -0.2) is 4.79 Å². The highest BCUT2D eigenvalue weighted by Crippen LogP contribution is 2.33. The Balaban J connectivity index is 2.07. The lowest BCUT2D eigenvalue weighted by Gasteiger charge is -2.17. The van der Waals surface area contributed by atoms with E-state index in [1.54, 1.807) is 38.5 Å². The molecule has 3 heterocycles. The Bertz CT molecular complexity index is 733. The maximum absolute atomic E-state index is 12.4. The highest BCUT2D eigenvalue weighted by atomic mass is 16.6. The van der Waals surface area contributed by atoms with E-state index in [9.17, 15) is 9.59 Å². The molecule has 20 heavy (non-hydrogen) atoms. The van der Waals surface area contributed by atoms with Gasteiger partial charge in [0.2, 0.25) is 0 Å². The molecule has 5 nitrogen and oxygen atoms in total. The largest absolute Gasteiger partial charge is 0.451 e. The van der Waals surface area contributed by atoms with Gasteiger partial charge in [0.15, 0.2) is 0 Å². The quantitative estimate of drug-likeness (QED) is 0.779. The van der Waals surface area contributed by atoms with Crippen molar-refractivity contribution in [2.45, 2.75) is 26.0 Å². The summed E-state index contributed by atoms with van der Waals surface area (Å²) in [5.74, 6) is -0.543. The number of carbonyl (C=O) groups excluding carboxylic acids is 1. The molecule has 1 aliphatic heterocycles. The molecule has 0 amide bonds. The molecule has 0 aromatic carbocycles. The zero-order valence-electron chi connectivity index (χ0n) is 11.3. The van der Waals surface area contributed by atoms with Gasteiger partial charge in [0, 0.05) is 24.2 Å². The molecule has 0 bridgehead atoms. The number of hydrogen-bond acceptors (Lipinski definition) is 4. The van der Waals surface area contributed by atoms with E-state index in [0.29, 0.717) is 12.1 Å². The summed E-state index contributed by atoms with van der Waals surface area (Å²) in [5, 5.41) is 0. The Labute approximate surface area is 115 Å². The smallest absolute Gasteiger partial charge is 0.345 e. The normalized spacial score (nSPS) is 15.8. The number of nitrogens with zero attached hydrogens (tertiary/aromatic N) is 2. The maximum Gasteiger partial charge on any atom is 0.345 e. The molecule has 102 valence electrons. The van der Waals surface area contributed by atoms with E-state index in [4.69, 9.17) is 4.74 Å². The van der Waals surface area contributed by atoms with E-state index in [0.717, 1.165) is 5.56 Å². The van der Waals surface area contributed by atoms with Crippen molar-refractivity contribution in [1.29, 1.82) is 0 Å². The topological polar surface area (TPSA) is 61.2 Å². The zero-order valence-corrected chi connectivity index (χ0v) is 11.3. The van der Waals surface area contributed by atoms with Crippen molar-refractivity contribution in [2.75, 3.05) is 0 Å². The Hall–Kier alpha value is -2.43. The van der Waals surface area contributed by atoms with Crippen LogP contribution in [0.1, 0.15) is 35.3 Å². The van der Waals surface area contributed by atoms with Crippen LogP contribution in [0.25, 0.3) is 0 Å². The molecular weight excluding hydrogens is 256 g/mol. The first kappa shape index (κ1) is 12.6. The van der Waals surface area contributed by atoms with Crippen LogP contribution in [0.4, 0.5) is 0 Å². The van der Waals surface area contributed by atoms with Crippen LogP contribution in [0.5, 0.6) is 0 Å².